The smallest absolute Gasteiger partial charge is 0.338 e. The molecule has 1 heterocycles. The first-order chi connectivity index (χ1) is 10.8. The molecule has 0 radical (unpaired) electrons. The molecular formula is C17H14N2O3. The van der Waals surface area contributed by atoms with E-state index in [2.05, 4.69) is 10.2 Å². The van der Waals surface area contributed by atoms with Crippen molar-refractivity contribution in [3.8, 4) is 22.9 Å². The minimum absolute atomic E-state index is 0.294. The molecule has 110 valence electrons. The van der Waals surface area contributed by atoms with E-state index in [1.807, 2.05) is 36.4 Å². The fraction of sp³-hybridized carbons (Fsp3) is 0.118. The number of hydrogen-bond acceptors (Lipinski definition) is 5. The summed E-state index contributed by atoms with van der Waals surface area (Å²) in [6.45, 7) is 2.08. The zero-order valence-corrected chi connectivity index (χ0v) is 12.0. The predicted molar refractivity (Wildman–Crippen MR) is 81.1 cm³/mol. The molecule has 0 aliphatic heterocycles. The van der Waals surface area contributed by atoms with Crippen LogP contribution in [0.4, 0.5) is 0 Å². The second-order valence-electron chi connectivity index (χ2n) is 4.54. The maximum atomic E-state index is 12.0. The van der Waals surface area contributed by atoms with Crippen LogP contribution in [0, 0.1) is 0 Å². The number of hydrogen-bond donors (Lipinski definition) is 0. The maximum Gasteiger partial charge on any atom is 0.338 e. The van der Waals surface area contributed by atoms with Gasteiger partial charge in [-0.2, -0.15) is 0 Å². The Morgan fingerprint density at radius 2 is 1.68 bits per heavy atom. The van der Waals surface area contributed by atoms with Crippen LogP contribution in [-0.4, -0.2) is 22.8 Å². The highest BCUT2D eigenvalue weighted by Crippen LogP contribution is 2.26. The van der Waals surface area contributed by atoms with E-state index < -0.39 is 5.97 Å². The number of benzene rings is 2. The third kappa shape index (κ3) is 2.74. The number of rotatable bonds is 4. The van der Waals surface area contributed by atoms with Gasteiger partial charge in [-0.1, -0.05) is 30.3 Å². The van der Waals surface area contributed by atoms with Gasteiger partial charge in [0.2, 0.25) is 11.8 Å². The van der Waals surface area contributed by atoms with Gasteiger partial charge in [-0.05, 0) is 31.2 Å². The van der Waals surface area contributed by atoms with Crippen molar-refractivity contribution in [1.29, 1.82) is 0 Å². The van der Waals surface area contributed by atoms with E-state index in [9.17, 15) is 4.79 Å². The van der Waals surface area contributed by atoms with Crippen molar-refractivity contribution in [2.75, 3.05) is 6.61 Å². The summed E-state index contributed by atoms with van der Waals surface area (Å²) in [6.07, 6.45) is 0. The van der Waals surface area contributed by atoms with Crippen molar-refractivity contribution < 1.29 is 13.9 Å². The Balaban J connectivity index is 1.99. The van der Waals surface area contributed by atoms with Crippen LogP contribution < -0.4 is 0 Å². The minimum atomic E-state index is -0.405. The molecule has 5 heteroatoms. The minimum Gasteiger partial charge on any atom is -0.462 e. The standard InChI is InChI=1S/C17H14N2O3/c1-2-21-17(20)14-11-7-6-10-13(14)16-19-18-15(22-16)12-8-4-3-5-9-12/h3-11H,2H2,1H3. The quantitative estimate of drug-likeness (QED) is 0.688. The predicted octanol–water partition coefficient (Wildman–Crippen LogP) is 3.58. The van der Waals surface area contributed by atoms with Gasteiger partial charge in [-0.3, -0.25) is 0 Å². The SMILES string of the molecule is CCOC(=O)c1ccccc1-c1nnc(-c2ccccc2)o1. The van der Waals surface area contributed by atoms with Crippen LogP contribution in [0.25, 0.3) is 22.9 Å². The van der Waals surface area contributed by atoms with Gasteiger partial charge < -0.3 is 9.15 Å². The third-order valence-electron chi connectivity index (χ3n) is 3.10. The van der Waals surface area contributed by atoms with Gasteiger partial charge in [-0.25, -0.2) is 4.79 Å². The average molecular weight is 294 g/mol. The van der Waals surface area contributed by atoms with Crippen LogP contribution >= 0.6 is 0 Å². The summed E-state index contributed by atoms with van der Waals surface area (Å²) < 4.78 is 10.7. The fourth-order valence-corrected chi connectivity index (χ4v) is 2.09. The molecule has 0 aliphatic carbocycles. The van der Waals surface area contributed by atoms with Crippen molar-refractivity contribution >= 4 is 5.97 Å². The van der Waals surface area contributed by atoms with E-state index in [-0.39, 0.29) is 0 Å². The van der Waals surface area contributed by atoms with Gasteiger partial charge in [0.15, 0.2) is 0 Å². The van der Waals surface area contributed by atoms with E-state index in [1.165, 1.54) is 0 Å². The van der Waals surface area contributed by atoms with Gasteiger partial charge in [-0.15, -0.1) is 10.2 Å². The lowest BCUT2D eigenvalue weighted by Crippen LogP contribution is -2.06. The fourth-order valence-electron chi connectivity index (χ4n) is 2.09. The Kier molecular flexibility index (Phi) is 3.96. The van der Waals surface area contributed by atoms with E-state index in [4.69, 9.17) is 9.15 Å². The highest BCUT2D eigenvalue weighted by atomic mass is 16.5. The van der Waals surface area contributed by atoms with Gasteiger partial charge in [0.25, 0.3) is 0 Å². The molecule has 3 aromatic rings. The number of esters is 1. The molecule has 3 rings (SSSR count). The number of carbonyl (C=O) groups excluding carboxylic acids is 1. The van der Waals surface area contributed by atoms with Crippen LogP contribution in [0.15, 0.2) is 59.0 Å². The maximum absolute atomic E-state index is 12.0. The number of ether oxygens (including phenoxy) is 1. The molecule has 0 spiro atoms. The van der Waals surface area contributed by atoms with Gasteiger partial charge in [0.1, 0.15) is 0 Å². The van der Waals surface area contributed by atoms with E-state index in [1.54, 1.807) is 25.1 Å². The van der Waals surface area contributed by atoms with Gasteiger partial charge >= 0.3 is 5.97 Å². The lowest BCUT2D eigenvalue weighted by Gasteiger charge is -2.05. The molecule has 0 saturated carbocycles. The number of nitrogens with zero attached hydrogens (tertiary/aromatic N) is 2. The van der Waals surface area contributed by atoms with E-state index in [0.29, 0.717) is 29.5 Å². The van der Waals surface area contributed by atoms with Crippen LogP contribution in [-0.2, 0) is 4.74 Å². The normalized spacial score (nSPS) is 10.4. The van der Waals surface area contributed by atoms with Crippen LogP contribution in [0.1, 0.15) is 17.3 Å². The van der Waals surface area contributed by atoms with Crippen LogP contribution in [0.5, 0.6) is 0 Å². The molecule has 2 aromatic carbocycles. The molecule has 0 N–H and O–H groups in total. The zero-order valence-electron chi connectivity index (χ0n) is 12.0. The monoisotopic (exact) mass is 294 g/mol. The molecule has 22 heavy (non-hydrogen) atoms. The number of carbonyl (C=O) groups is 1. The van der Waals surface area contributed by atoms with Crippen LogP contribution in [0.3, 0.4) is 0 Å². The molecule has 0 bridgehead atoms. The van der Waals surface area contributed by atoms with Crippen molar-refractivity contribution in [2.24, 2.45) is 0 Å². The summed E-state index contributed by atoms with van der Waals surface area (Å²) >= 11 is 0. The van der Waals surface area contributed by atoms with Crippen molar-refractivity contribution in [3.63, 3.8) is 0 Å². The highest BCUT2D eigenvalue weighted by Gasteiger charge is 2.18. The zero-order chi connectivity index (χ0) is 15.4. The summed E-state index contributed by atoms with van der Waals surface area (Å²) in [6, 6.07) is 16.5. The molecule has 0 saturated heterocycles. The van der Waals surface area contributed by atoms with Crippen molar-refractivity contribution in [2.45, 2.75) is 6.92 Å². The first kappa shape index (κ1) is 14.0. The molecule has 0 unspecified atom stereocenters. The lowest BCUT2D eigenvalue weighted by atomic mass is 10.1. The van der Waals surface area contributed by atoms with E-state index >= 15 is 0 Å². The molecule has 0 amide bonds. The highest BCUT2D eigenvalue weighted by molar-refractivity contribution is 5.96. The molecule has 0 fully saturated rings. The number of aromatic nitrogens is 2. The Labute approximate surface area is 127 Å². The largest absolute Gasteiger partial charge is 0.462 e. The Bertz CT molecular complexity index is 781. The van der Waals surface area contributed by atoms with Crippen molar-refractivity contribution in [3.05, 3.63) is 60.2 Å². The van der Waals surface area contributed by atoms with Crippen molar-refractivity contribution in [1.82, 2.24) is 10.2 Å². The summed E-state index contributed by atoms with van der Waals surface area (Å²) in [5, 5.41) is 8.08. The summed E-state index contributed by atoms with van der Waals surface area (Å²) in [5.74, 6) is 0.300. The first-order valence-electron chi connectivity index (χ1n) is 6.95. The van der Waals surface area contributed by atoms with Crippen LogP contribution in [0.2, 0.25) is 0 Å². The van der Waals surface area contributed by atoms with Gasteiger partial charge in [0, 0.05) is 5.56 Å². The topological polar surface area (TPSA) is 65.2 Å². The molecule has 0 aliphatic rings. The van der Waals surface area contributed by atoms with E-state index in [0.717, 1.165) is 5.56 Å². The molecule has 0 atom stereocenters. The Hall–Kier alpha value is -2.95. The molecule has 5 nitrogen and oxygen atoms in total. The lowest BCUT2D eigenvalue weighted by molar-refractivity contribution is 0.0527. The Morgan fingerprint density at radius 3 is 2.45 bits per heavy atom. The van der Waals surface area contributed by atoms with Gasteiger partial charge in [0.05, 0.1) is 17.7 Å². The summed E-state index contributed by atoms with van der Waals surface area (Å²) in [4.78, 5) is 12.0. The summed E-state index contributed by atoms with van der Waals surface area (Å²) in [7, 11) is 0. The third-order valence-corrected chi connectivity index (χ3v) is 3.10. The molecule has 1 aromatic heterocycles. The second kappa shape index (κ2) is 6.22. The summed E-state index contributed by atoms with van der Waals surface area (Å²) in [5.41, 5.74) is 1.80. The second-order valence-corrected chi connectivity index (χ2v) is 4.54. The Morgan fingerprint density at radius 1 is 1.00 bits per heavy atom. The first-order valence-corrected chi connectivity index (χ1v) is 6.95. The molecular weight excluding hydrogens is 280 g/mol. The average Bonchev–Trinajstić information content (AvgIpc) is 3.06.